The molecule has 0 spiro atoms. The maximum Gasteiger partial charge on any atom is 0.140 e. The van der Waals surface area contributed by atoms with Gasteiger partial charge in [-0.05, 0) is 31.0 Å². The summed E-state index contributed by atoms with van der Waals surface area (Å²) in [6.07, 6.45) is 2.31. The molecule has 3 nitrogen and oxygen atoms in total. The summed E-state index contributed by atoms with van der Waals surface area (Å²) in [6, 6.07) is 4.28. The molecule has 1 aliphatic rings. The van der Waals surface area contributed by atoms with Crippen LogP contribution >= 0.6 is 11.6 Å². The number of unbranched alkanes of at least 4 members (excludes halogenated alkanes) is 1. The van der Waals surface area contributed by atoms with Crippen molar-refractivity contribution in [2.45, 2.75) is 46.0 Å². The molecule has 1 aromatic heterocycles. The van der Waals surface area contributed by atoms with Gasteiger partial charge in [-0.25, -0.2) is 9.97 Å². The quantitative estimate of drug-likeness (QED) is 0.746. The molecule has 3 rings (SSSR count). The van der Waals surface area contributed by atoms with Crippen molar-refractivity contribution >= 4 is 28.2 Å². The third kappa shape index (κ3) is 2.19. The fraction of sp³-hybridized carbons (Fsp3) is 0.444. The Morgan fingerprint density at radius 1 is 1.27 bits per heavy atom. The third-order valence-electron chi connectivity index (χ3n) is 4.63. The van der Waals surface area contributed by atoms with E-state index >= 15 is 0 Å². The molecule has 0 N–H and O–H groups in total. The Bertz CT molecular complexity index is 765. The van der Waals surface area contributed by atoms with Crippen molar-refractivity contribution in [1.29, 1.82) is 0 Å². The van der Waals surface area contributed by atoms with Gasteiger partial charge in [-0.3, -0.25) is 0 Å². The van der Waals surface area contributed by atoms with E-state index in [0.717, 1.165) is 36.0 Å². The maximum absolute atomic E-state index is 6.33. The molecule has 22 heavy (non-hydrogen) atoms. The molecular weight excluding hydrogens is 294 g/mol. The molecule has 0 radical (unpaired) electrons. The Hall–Kier alpha value is -1.61. The molecule has 2 aromatic rings. The van der Waals surface area contributed by atoms with Gasteiger partial charge in [0.2, 0.25) is 0 Å². The van der Waals surface area contributed by atoms with Gasteiger partial charge < -0.3 is 4.90 Å². The van der Waals surface area contributed by atoms with E-state index in [1.165, 1.54) is 11.3 Å². The molecule has 0 saturated heterocycles. The fourth-order valence-electron chi connectivity index (χ4n) is 3.17. The summed E-state index contributed by atoms with van der Waals surface area (Å²) in [6.45, 7) is 13.9. The summed E-state index contributed by atoms with van der Waals surface area (Å²) in [5, 5.41) is 1.44. The Morgan fingerprint density at radius 2 is 2.00 bits per heavy atom. The minimum absolute atomic E-state index is 0.0808. The van der Waals surface area contributed by atoms with Crippen LogP contribution in [0.1, 0.15) is 45.0 Å². The normalized spacial score (nSPS) is 16.4. The summed E-state index contributed by atoms with van der Waals surface area (Å²) in [4.78, 5) is 11.2. The first-order chi connectivity index (χ1) is 10.4. The highest BCUT2D eigenvalue weighted by atomic mass is 35.5. The maximum atomic E-state index is 6.33. The van der Waals surface area contributed by atoms with Crippen LogP contribution in [0.15, 0.2) is 24.4 Å². The number of anilines is 1. The molecule has 116 valence electrons. The molecule has 1 aliphatic heterocycles. The highest BCUT2D eigenvalue weighted by Crippen LogP contribution is 2.48. The van der Waals surface area contributed by atoms with Crippen molar-refractivity contribution in [1.82, 2.24) is 9.97 Å². The number of allylic oxidation sites excluding steroid dienone is 1. The van der Waals surface area contributed by atoms with E-state index in [2.05, 4.69) is 54.4 Å². The van der Waals surface area contributed by atoms with Gasteiger partial charge in [0, 0.05) is 28.7 Å². The Morgan fingerprint density at radius 3 is 2.68 bits per heavy atom. The largest absolute Gasteiger partial charge is 0.345 e. The van der Waals surface area contributed by atoms with Crippen molar-refractivity contribution in [3.8, 4) is 0 Å². The van der Waals surface area contributed by atoms with Crippen LogP contribution in [0.4, 0.5) is 5.69 Å². The van der Waals surface area contributed by atoms with Gasteiger partial charge in [-0.1, -0.05) is 45.4 Å². The van der Waals surface area contributed by atoms with Crippen LogP contribution in [-0.2, 0) is 5.41 Å². The predicted octanol–water partition coefficient (Wildman–Crippen LogP) is 5.00. The first-order valence-corrected chi connectivity index (χ1v) is 8.19. The minimum Gasteiger partial charge on any atom is -0.345 e. The standard InChI is InChI=1S/C18H22ClN3/c1-6-7-8-22-11(2)18(4,5)14-10-15-13(9-16(14)22)17(19)21-12(3)20-15/h9-10H,2,6-8H2,1,3-5H3. The molecular formula is C18H22ClN3. The van der Waals surface area contributed by atoms with Gasteiger partial charge in [0.05, 0.1) is 5.52 Å². The number of aromatic nitrogens is 2. The Balaban J connectivity index is 2.24. The van der Waals surface area contributed by atoms with E-state index in [0.29, 0.717) is 11.0 Å². The predicted molar refractivity (Wildman–Crippen MR) is 93.7 cm³/mol. The lowest BCUT2D eigenvalue weighted by Gasteiger charge is -2.25. The molecule has 4 heteroatoms. The van der Waals surface area contributed by atoms with Crippen LogP contribution in [0.3, 0.4) is 0 Å². The Kier molecular flexibility index (Phi) is 3.64. The zero-order valence-corrected chi connectivity index (χ0v) is 14.5. The van der Waals surface area contributed by atoms with Crippen molar-refractivity contribution < 1.29 is 0 Å². The summed E-state index contributed by atoms with van der Waals surface area (Å²) in [5.41, 5.74) is 4.45. The number of hydrogen-bond donors (Lipinski definition) is 0. The van der Waals surface area contributed by atoms with Crippen LogP contribution in [0.5, 0.6) is 0 Å². The van der Waals surface area contributed by atoms with Crippen LogP contribution in [0.2, 0.25) is 5.15 Å². The topological polar surface area (TPSA) is 29.0 Å². The summed E-state index contributed by atoms with van der Waals surface area (Å²) in [7, 11) is 0. The van der Waals surface area contributed by atoms with E-state index in [-0.39, 0.29) is 5.41 Å². The first kappa shape index (κ1) is 15.3. The van der Waals surface area contributed by atoms with Gasteiger partial charge >= 0.3 is 0 Å². The number of benzene rings is 1. The second kappa shape index (κ2) is 5.24. The smallest absolute Gasteiger partial charge is 0.140 e. The highest BCUT2D eigenvalue weighted by molar-refractivity contribution is 6.34. The van der Waals surface area contributed by atoms with Crippen molar-refractivity contribution in [3.63, 3.8) is 0 Å². The van der Waals surface area contributed by atoms with E-state index in [4.69, 9.17) is 11.6 Å². The fourth-order valence-corrected chi connectivity index (χ4v) is 3.44. The number of halogens is 1. The monoisotopic (exact) mass is 315 g/mol. The Labute approximate surface area is 137 Å². The van der Waals surface area contributed by atoms with Gasteiger partial charge in [0.1, 0.15) is 11.0 Å². The molecule has 0 aliphatic carbocycles. The van der Waals surface area contributed by atoms with Gasteiger partial charge in [-0.15, -0.1) is 0 Å². The third-order valence-corrected chi connectivity index (χ3v) is 4.91. The minimum atomic E-state index is -0.0808. The second-order valence-corrected chi connectivity index (χ2v) is 6.88. The second-order valence-electron chi connectivity index (χ2n) is 6.53. The number of nitrogens with zero attached hydrogens (tertiary/aromatic N) is 3. The molecule has 2 heterocycles. The van der Waals surface area contributed by atoms with E-state index < -0.39 is 0 Å². The van der Waals surface area contributed by atoms with Crippen molar-refractivity contribution in [2.75, 3.05) is 11.4 Å². The number of aryl methyl sites for hydroxylation is 1. The lowest BCUT2D eigenvalue weighted by Crippen LogP contribution is -2.25. The SMILES string of the molecule is C=C1N(CCCC)c2cc3c(Cl)nc(C)nc3cc2C1(C)C. The van der Waals surface area contributed by atoms with Gasteiger partial charge in [0.15, 0.2) is 0 Å². The van der Waals surface area contributed by atoms with Crippen LogP contribution in [-0.4, -0.2) is 16.5 Å². The molecule has 0 saturated carbocycles. The number of fused-ring (bicyclic) bond motifs is 2. The van der Waals surface area contributed by atoms with Gasteiger partial charge in [0.25, 0.3) is 0 Å². The van der Waals surface area contributed by atoms with Gasteiger partial charge in [-0.2, -0.15) is 0 Å². The number of hydrogen-bond acceptors (Lipinski definition) is 3. The van der Waals surface area contributed by atoms with Crippen molar-refractivity contribution in [3.05, 3.63) is 40.9 Å². The molecule has 0 bridgehead atoms. The van der Waals surface area contributed by atoms with Crippen LogP contribution in [0.25, 0.3) is 10.9 Å². The van der Waals surface area contributed by atoms with Crippen molar-refractivity contribution in [2.24, 2.45) is 0 Å². The highest BCUT2D eigenvalue weighted by Gasteiger charge is 2.39. The lowest BCUT2D eigenvalue weighted by atomic mass is 9.84. The first-order valence-electron chi connectivity index (χ1n) is 7.81. The number of rotatable bonds is 3. The molecule has 0 atom stereocenters. The summed E-state index contributed by atoms with van der Waals surface area (Å²) in [5.74, 6) is 0.704. The zero-order valence-electron chi connectivity index (χ0n) is 13.7. The zero-order chi connectivity index (χ0) is 16.1. The molecule has 0 unspecified atom stereocenters. The summed E-state index contributed by atoms with van der Waals surface area (Å²) < 4.78 is 0. The lowest BCUT2D eigenvalue weighted by molar-refractivity contribution is 0.627. The van der Waals surface area contributed by atoms with Crippen LogP contribution in [0, 0.1) is 6.92 Å². The van der Waals surface area contributed by atoms with E-state index in [1.54, 1.807) is 0 Å². The summed E-state index contributed by atoms with van der Waals surface area (Å²) >= 11 is 6.33. The average Bonchev–Trinajstić information content (AvgIpc) is 2.63. The van der Waals surface area contributed by atoms with E-state index in [9.17, 15) is 0 Å². The molecule has 0 amide bonds. The van der Waals surface area contributed by atoms with E-state index in [1.807, 2.05) is 6.92 Å². The molecule has 1 aromatic carbocycles. The molecule has 0 fully saturated rings. The van der Waals surface area contributed by atoms with Crippen LogP contribution < -0.4 is 4.90 Å². The average molecular weight is 316 g/mol.